The molecule has 1 heteroatoms. The van der Waals surface area contributed by atoms with Crippen LogP contribution in [0.3, 0.4) is 0 Å². The Morgan fingerprint density at radius 1 is 1.33 bits per heavy atom. The van der Waals surface area contributed by atoms with Crippen LogP contribution in [0, 0.1) is 0 Å². The predicted octanol–water partition coefficient (Wildman–Crippen LogP) is 4.00. The van der Waals surface area contributed by atoms with E-state index in [0.29, 0.717) is 0 Å². The van der Waals surface area contributed by atoms with Gasteiger partial charge >= 0.3 is 0 Å². The van der Waals surface area contributed by atoms with E-state index in [4.69, 9.17) is 5.11 Å². The summed E-state index contributed by atoms with van der Waals surface area (Å²) in [5, 5.41) is 8.90. The summed E-state index contributed by atoms with van der Waals surface area (Å²) in [7, 11) is 0. The lowest BCUT2D eigenvalue weighted by Crippen LogP contribution is -1.72. The molecule has 0 aliphatic rings. The molecule has 0 aromatic heterocycles. The third kappa shape index (κ3) is 9.02. The topological polar surface area (TPSA) is 20.2 Å². The van der Waals surface area contributed by atoms with Crippen molar-refractivity contribution in [1.29, 1.82) is 0 Å². The van der Waals surface area contributed by atoms with Gasteiger partial charge in [-0.1, -0.05) is 39.0 Å². The molecule has 0 fully saturated rings. The first-order chi connectivity index (χ1) is 5.70. The fourth-order valence-electron chi connectivity index (χ4n) is 0.414. The molecule has 0 unspecified atom stereocenters. The summed E-state index contributed by atoms with van der Waals surface area (Å²) in [6.07, 6.45) is 5.96. The van der Waals surface area contributed by atoms with Crippen LogP contribution in [0.5, 0.6) is 0 Å². The van der Waals surface area contributed by atoms with Gasteiger partial charge in [0.1, 0.15) is 5.76 Å². The number of rotatable bonds is 3. The molecule has 0 aliphatic heterocycles. The first-order valence-electron chi connectivity index (χ1n) is 4.39. The number of hydrogen-bond donors (Lipinski definition) is 1. The molecule has 0 saturated heterocycles. The average molecular weight is 168 g/mol. The Hall–Kier alpha value is -0.980. The molecule has 0 aliphatic carbocycles. The maximum Gasteiger partial charge on any atom is 0.114 e. The molecular weight excluding hydrogens is 148 g/mol. The van der Waals surface area contributed by atoms with Crippen LogP contribution in [0.25, 0.3) is 0 Å². The van der Waals surface area contributed by atoms with E-state index in [1.165, 1.54) is 11.6 Å². The molecule has 70 valence electrons. The molecule has 1 nitrogen and oxygen atoms in total. The maximum atomic E-state index is 8.90. The van der Waals surface area contributed by atoms with Crippen molar-refractivity contribution in [1.82, 2.24) is 0 Å². The van der Waals surface area contributed by atoms with Gasteiger partial charge in [0.05, 0.1) is 0 Å². The highest BCUT2D eigenvalue weighted by molar-refractivity contribution is 5.18. The average Bonchev–Trinajstić information content (AvgIpc) is 2.16. The van der Waals surface area contributed by atoms with Gasteiger partial charge in [0, 0.05) is 0 Å². The molecule has 0 bridgehead atoms. The molecule has 0 saturated carbocycles. The fraction of sp³-hybridized carbons (Fsp3) is 0.455. The van der Waals surface area contributed by atoms with Crippen LogP contribution in [-0.4, -0.2) is 5.11 Å². The van der Waals surface area contributed by atoms with Crippen LogP contribution in [0.1, 0.15) is 34.1 Å². The summed E-state index contributed by atoms with van der Waals surface area (Å²) in [4.78, 5) is 0. The maximum absolute atomic E-state index is 8.90. The van der Waals surface area contributed by atoms with Gasteiger partial charge in [0.25, 0.3) is 0 Å². The second-order valence-electron chi connectivity index (χ2n) is 2.16. The SMILES string of the molecule is C=C/C(O)=C\C=C(/C)CC.CC. The lowest BCUT2D eigenvalue weighted by Gasteiger charge is -1.90. The van der Waals surface area contributed by atoms with Crippen LogP contribution in [0.15, 0.2) is 36.1 Å². The summed E-state index contributed by atoms with van der Waals surface area (Å²) in [5.41, 5.74) is 1.24. The van der Waals surface area contributed by atoms with Gasteiger partial charge in [0.15, 0.2) is 0 Å². The minimum Gasteiger partial charge on any atom is -0.508 e. The van der Waals surface area contributed by atoms with Crippen molar-refractivity contribution in [2.75, 3.05) is 0 Å². The van der Waals surface area contributed by atoms with E-state index in [2.05, 4.69) is 13.5 Å². The highest BCUT2D eigenvalue weighted by atomic mass is 16.3. The third-order valence-corrected chi connectivity index (χ3v) is 1.31. The number of aliphatic hydroxyl groups is 1. The largest absolute Gasteiger partial charge is 0.508 e. The molecule has 0 aromatic carbocycles. The molecule has 1 N–H and O–H groups in total. The standard InChI is InChI=1S/C9H14O.C2H6/c1-4-8(3)6-7-9(10)5-2;1-2/h5-7,10H,2,4H2,1,3H3;1-2H3/b8-6+,9-7+;. The fourth-order valence-corrected chi connectivity index (χ4v) is 0.414. The van der Waals surface area contributed by atoms with E-state index in [1.807, 2.05) is 26.8 Å². The second kappa shape index (κ2) is 10.0. The van der Waals surface area contributed by atoms with Gasteiger partial charge < -0.3 is 5.11 Å². The zero-order valence-corrected chi connectivity index (χ0v) is 8.59. The van der Waals surface area contributed by atoms with Gasteiger partial charge in [0.2, 0.25) is 0 Å². The third-order valence-electron chi connectivity index (χ3n) is 1.31. The van der Waals surface area contributed by atoms with Crippen LogP contribution in [0.4, 0.5) is 0 Å². The molecule has 0 aromatic rings. The van der Waals surface area contributed by atoms with Gasteiger partial charge in [-0.3, -0.25) is 0 Å². The van der Waals surface area contributed by atoms with Crippen LogP contribution < -0.4 is 0 Å². The molecule has 12 heavy (non-hydrogen) atoms. The molecule has 0 spiro atoms. The molecule has 0 radical (unpaired) electrons. The first-order valence-corrected chi connectivity index (χ1v) is 4.39. The van der Waals surface area contributed by atoms with Crippen molar-refractivity contribution in [2.24, 2.45) is 0 Å². The van der Waals surface area contributed by atoms with Gasteiger partial charge in [-0.05, 0) is 25.5 Å². The Morgan fingerprint density at radius 3 is 2.17 bits per heavy atom. The van der Waals surface area contributed by atoms with Crippen molar-refractivity contribution < 1.29 is 5.11 Å². The molecule has 0 heterocycles. The van der Waals surface area contributed by atoms with Crippen LogP contribution >= 0.6 is 0 Å². The molecule has 0 amide bonds. The number of aliphatic hydroxyl groups excluding tert-OH is 1. The minimum absolute atomic E-state index is 0.216. The van der Waals surface area contributed by atoms with Crippen molar-refractivity contribution in [2.45, 2.75) is 34.1 Å². The van der Waals surface area contributed by atoms with Gasteiger partial charge in [-0.25, -0.2) is 0 Å². The van der Waals surface area contributed by atoms with E-state index in [0.717, 1.165) is 6.42 Å². The van der Waals surface area contributed by atoms with Crippen molar-refractivity contribution in [3.05, 3.63) is 36.1 Å². The predicted molar refractivity (Wildman–Crippen MR) is 56.3 cm³/mol. The lowest BCUT2D eigenvalue weighted by atomic mass is 10.2. The second-order valence-corrected chi connectivity index (χ2v) is 2.16. The Morgan fingerprint density at radius 2 is 1.83 bits per heavy atom. The van der Waals surface area contributed by atoms with E-state index >= 15 is 0 Å². The smallest absolute Gasteiger partial charge is 0.114 e. The Labute approximate surface area is 76.1 Å². The summed E-state index contributed by atoms with van der Waals surface area (Å²) >= 11 is 0. The van der Waals surface area contributed by atoms with E-state index in [1.54, 1.807) is 6.08 Å². The molecule has 0 atom stereocenters. The van der Waals surface area contributed by atoms with E-state index < -0.39 is 0 Å². The van der Waals surface area contributed by atoms with Crippen molar-refractivity contribution >= 4 is 0 Å². The summed E-state index contributed by atoms with van der Waals surface area (Å²) in [6, 6.07) is 0. The Bertz CT molecular complexity index is 164. The highest BCUT2D eigenvalue weighted by Crippen LogP contribution is 1.99. The highest BCUT2D eigenvalue weighted by Gasteiger charge is 1.81. The molecule has 0 rings (SSSR count). The Kier molecular flexibility index (Phi) is 11.4. The van der Waals surface area contributed by atoms with E-state index in [-0.39, 0.29) is 5.76 Å². The Balaban J connectivity index is 0. The van der Waals surface area contributed by atoms with Crippen molar-refractivity contribution in [3.8, 4) is 0 Å². The zero-order chi connectivity index (χ0) is 9.98. The normalized spacial score (nSPS) is 11.7. The first kappa shape index (κ1) is 13.6. The zero-order valence-electron chi connectivity index (χ0n) is 8.59. The minimum atomic E-state index is 0.216. The summed E-state index contributed by atoms with van der Waals surface area (Å²) < 4.78 is 0. The van der Waals surface area contributed by atoms with Crippen LogP contribution in [0.2, 0.25) is 0 Å². The van der Waals surface area contributed by atoms with Crippen LogP contribution in [-0.2, 0) is 0 Å². The number of hydrogen-bond acceptors (Lipinski definition) is 1. The summed E-state index contributed by atoms with van der Waals surface area (Å²) in [6.45, 7) is 11.5. The molecular formula is C11H20O. The van der Waals surface area contributed by atoms with Gasteiger partial charge in [-0.2, -0.15) is 0 Å². The van der Waals surface area contributed by atoms with Crippen molar-refractivity contribution in [3.63, 3.8) is 0 Å². The van der Waals surface area contributed by atoms with E-state index in [9.17, 15) is 0 Å². The van der Waals surface area contributed by atoms with Gasteiger partial charge in [-0.15, -0.1) is 0 Å². The monoisotopic (exact) mass is 168 g/mol. The summed E-state index contributed by atoms with van der Waals surface area (Å²) in [5.74, 6) is 0.216. The number of allylic oxidation sites excluding steroid dienone is 4. The lowest BCUT2D eigenvalue weighted by molar-refractivity contribution is 0.433. The quantitative estimate of drug-likeness (QED) is 0.499.